The van der Waals surface area contributed by atoms with Gasteiger partial charge in [0.1, 0.15) is 0 Å². The van der Waals surface area contributed by atoms with Crippen LogP contribution in [0, 0.1) is 0 Å². The van der Waals surface area contributed by atoms with Gasteiger partial charge in [0, 0.05) is 0 Å². The molecule has 0 aromatic carbocycles. The summed E-state index contributed by atoms with van der Waals surface area (Å²) in [6, 6.07) is 0. The Balaban J connectivity index is -0.0000000873. The molecule has 0 saturated carbocycles. The zero-order chi connectivity index (χ0) is 22.1. The van der Waals surface area contributed by atoms with Crippen molar-refractivity contribution in [3.05, 3.63) is 21.3 Å². The molecule has 176 valence electrons. The number of hydrogen-bond acceptors (Lipinski definition) is 0. The van der Waals surface area contributed by atoms with Crippen LogP contribution < -0.4 is 0 Å². The monoisotopic (exact) mass is 490 g/mol. The zero-order valence-corrected chi connectivity index (χ0v) is 24.1. The molecule has 29 heavy (non-hydrogen) atoms. The molecule has 0 aliphatic heterocycles. The molecule has 4 nitrogen and oxygen atoms in total. The summed E-state index contributed by atoms with van der Waals surface area (Å²) < 4.78 is 0. The number of rotatable bonds is 16. The van der Waals surface area contributed by atoms with E-state index in [1.807, 2.05) is 0 Å². The quantitative estimate of drug-likeness (QED) is 0.194. The summed E-state index contributed by atoms with van der Waals surface area (Å²) in [5, 5.41) is 16.8. The molecule has 0 unspecified atom stereocenters. The molecular weight excluding hydrogens is 436 g/mol. The van der Waals surface area contributed by atoms with Crippen LogP contribution >= 0.6 is 0 Å². The van der Waals surface area contributed by atoms with Crippen molar-refractivity contribution in [1.29, 1.82) is 0 Å². The van der Waals surface area contributed by atoms with E-state index in [1.165, 1.54) is 51.4 Å². The standard InChI is InChI=1S/4C6H14N.Zr/c4*1-3-5-7-6-4-2;/h4*3-6H2,1-2H3;/q4*-1;+4. The van der Waals surface area contributed by atoms with Gasteiger partial charge in [-0.25, -0.2) is 0 Å². The second kappa shape index (κ2) is 51.4. The van der Waals surface area contributed by atoms with Gasteiger partial charge >= 0.3 is 26.2 Å². The van der Waals surface area contributed by atoms with Crippen LogP contribution in [0.2, 0.25) is 0 Å². The maximum Gasteiger partial charge on any atom is 4.00 e. The predicted octanol–water partition coefficient (Wildman–Crippen LogP) is 8.72. The van der Waals surface area contributed by atoms with Crippen molar-refractivity contribution in [2.75, 3.05) is 52.4 Å². The number of hydrogen-bond donors (Lipinski definition) is 0. The van der Waals surface area contributed by atoms with E-state index in [2.05, 4.69) is 76.7 Å². The summed E-state index contributed by atoms with van der Waals surface area (Å²) >= 11 is 0. The Hall–Kier alpha value is 0.723. The van der Waals surface area contributed by atoms with Crippen LogP contribution in [0.5, 0.6) is 0 Å². The second-order valence-electron chi connectivity index (χ2n) is 6.68. The van der Waals surface area contributed by atoms with Crippen molar-refractivity contribution in [1.82, 2.24) is 0 Å². The Morgan fingerprint density at radius 1 is 0.276 bits per heavy atom. The van der Waals surface area contributed by atoms with Gasteiger partial charge in [-0.1, -0.05) is 107 Å². The van der Waals surface area contributed by atoms with Crippen molar-refractivity contribution < 1.29 is 26.2 Å². The van der Waals surface area contributed by atoms with E-state index in [0.29, 0.717) is 0 Å². The first-order valence-electron chi connectivity index (χ1n) is 12.2. The van der Waals surface area contributed by atoms with Crippen LogP contribution in [0.4, 0.5) is 0 Å². The van der Waals surface area contributed by atoms with Crippen LogP contribution in [0.1, 0.15) is 107 Å². The molecule has 0 N–H and O–H groups in total. The zero-order valence-electron chi connectivity index (χ0n) is 21.6. The van der Waals surface area contributed by atoms with E-state index in [0.717, 1.165) is 52.4 Å². The summed E-state index contributed by atoms with van der Waals surface area (Å²) in [6.45, 7) is 25.6. The summed E-state index contributed by atoms with van der Waals surface area (Å²) in [5.41, 5.74) is 0. The van der Waals surface area contributed by atoms with Crippen LogP contribution in [0.25, 0.3) is 21.3 Å². The van der Waals surface area contributed by atoms with Gasteiger partial charge in [0.15, 0.2) is 0 Å². The van der Waals surface area contributed by atoms with Gasteiger partial charge in [0.2, 0.25) is 0 Å². The smallest absolute Gasteiger partial charge is 0.662 e. The topological polar surface area (TPSA) is 56.4 Å². The van der Waals surface area contributed by atoms with E-state index >= 15 is 0 Å². The van der Waals surface area contributed by atoms with Gasteiger partial charge in [-0.05, 0) is 0 Å². The van der Waals surface area contributed by atoms with Crippen LogP contribution in [-0.2, 0) is 26.2 Å². The minimum absolute atomic E-state index is 0. The van der Waals surface area contributed by atoms with Gasteiger partial charge in [-0.15, -0.1) is 52.4 Å². The van der Waals surface area contributed by atoms with Gasteiger partial charge in [-0.2, -0.15) is 0 Å². The Labute approximate surface area is 206 Å². The van der Waals surface area contributed by atoms with Gasteiger partial charge in [0.25, 0.3) is 0 Å². The Bertz CT molecular complexity index is 140. The minimum Gasteiger partial charge on any atom is -0.662 e. The maximum absolute atomic E-state index is 4.21. The number of nitrogens with zero attached hydrogens (tertiary/aromatic N) is 4. The van der Waals surface area contributed by atoms with E-state index in [4.69, 9.17) is 0 Å². The van der Waals surface area contributed by atoms with E-state index in [1.54, 1.807) is 0 Å². The average Bonchev–Trinajstić information content (AvgIpc) is 2.71. The van der Waals surface area contributed by atoms with E-state index in [-0.39, 0.29) is 26.2 Å². The Morgan fingerprint density at radius 3 is 0.448 bits per heavy atom. The molecule has 0 aliphatic carbocycles. The Morgan fingerprint density at radius 2 is 0.379 bits per heavy atom. The van der Waals surface area contributed by atoms with E-state index in [9.17, 15) is 0 Å². The first kappa shape index (κ1) is 40.1. The van der Waals surface area contributed by atoms with Gasteiger partial charge in [0.05, 0.1) is 0 Å². The Kier molecular flexibility index (Phi) is 71.1. The maximum atomic E-state index is 4.21. The largest absolute Gasteiger partial charge is 4.00 e. The van der Waals surface area contributed by atoms with Crippen LogP contribution in [-0.4, -0.2) is 52.4 Å². The summed E-state index contributed by atoms with van der Waals surface area (Å²) in [5.74, 6) is 0. The van der Waals surface area contributed by atoms with Crippen molar-refractivity contribution in [2.45, 2.75) is 107 Å². The first-order chi connectivity index (χ1) is 13.7. The third-order valence-electron chi connectivity index (χ3n) is 3.05. The van der Waals surface area contributed by atoms with E-state index < -0.39 is 0 Å². The normalized spacial score (nSPS) is 9.10. The van der Waals surface area contributed by atoms with Crippen LogP contribution in [0.3, 0.4) is 0 Å². The second-order valence-corrected chi connectivity index (χ2v) is 6.68. The molecule has 0 spiro atoms. The fraction of sp³-hybridized carbons (Fsp3) is 1.00. The molecule has 0 rings (SSSR count). The summed E-state index contributed by atoms with van der Waals surface area (Å²) in [6.07, 6.45) is 9.56. The summed E-state index contributed by atoms with van der Waals surface area (Å²) in [4.78, 5) is 0. The van der Waals surface area contributed by atoms with Crippen molar-refractivity contribution in [3.8, 4) is 0 Å². The SMILES string of the molecule is CCC[N-]CCC.CCC[N-]CCC.CCC[N-]CCC.CCC[N-]CCC.[Zr+4]. The molecule has 0 heterocycles. The fourth-order valence-electron chi connectivity index (χ4n) is 1.71. The van der Waals surface area contributed by atoms with Crippen molar-refractivity contribution >= 4 is 0 Å². The molecule has 0 bridgehead atoms. The van der Waals surface area contributed by atoms with Gasteiger partial charge in [-0.3, -0.25) is 0 Å². The average molecular weight is 492 g/mol. The molecule has 0 aliphatic rings. The van der Waals surface area contributed by atoms with Gasteiger partial charge < -0.3 is 21.3 Å². The first-order valence-corrected chi connectivity index (χ1v) is 12.2. The van der Waals surface area contributed by atoms with Crippen LogP contribution in [0.15, 0.2) is 0 Å². The molecule has 0 radical (unpaired) electrons. The summed E-state index contributed by atoms with van der Waals surface area (Å²) in [7, 11) is 0. The third kappa shape index (κ3) is 73.3. The van der Waals surface area contributed by atoms with Crippen molar-refractivity contribution in [3.63, 3.8) is 0 Å². The molecular formula is C24H56N4Zr. The van der Waals surface area contributed by atoms with Crippen molar-refractivity contribution in [2.24, 2.45) is 0 Å². The predicted molar refractivity (Wildman–Crippen MR) is 135 cm³/mol. The molecule has 0 fully saturated rings. The molecule has 0 aromatic heterocycles. The molecule has 0 aromatic rings. The molecule has 0 amide bonds. The fourth-order valence-corrected chi connectivity index (χ4v) is 1.71. The molecule has 0 atom stereocenters. The molecule has 0 saturated heterocycles. The third-order valence-corrected chi connectivity index (χ3v) is 3.05. The minimum atomic E-state index is 0. The molecule has 5 heteroatoms.